The molecule has 0 fully saturated rings. The van der Waals surface area contributed by atoms with E-state index in [1.807, 2.05) is 25.1 Å². The molecule has 1 N–H and O–H groups in total. The highest BCUT2D eigenvalue weighted by molar-refractivity contribution is 7.92. The number of rotatable bonds is 13. The molecular formula is C25H34ClN3O4S. The summed E-state index contributed by atoms with van der Waals surface area (Å²) >= 11 is 5.98. The lowest BCUT2D eigenvalue weighted by Crippen LogP contribution is -2.47. The molecular weight excluding hydrogens is 474 g/mol. The number of unbranched alkanes of at least 4 members (excludes halogenated alkanes) is 1. The topological polar surface area (TPSA) is 86.8 Å². The number of para-hydroxylation sites is 1. The molecule has 186 valence electrons. The third-order valence-corrected chi connectivity index (χ3v) is 6.91. The smallest absolute Gasteiger partial charge is 0.242 e. The van der Waals surface area contributed by atoms with Crippen molar-refractivity contribution < 1.29 is 18.0 Å². The SMILES string of the molecule is CCCCNC(=O)[C@@H](C)N(Cc1ccc(Cl)cc1)C(=O)CCCN(c1ccccc1)S(C)(=O)=O. The Hall–Kier alpha value is -2.58. The van der Waals surface area contributed by atoms with Crippen molar-refractivity contribution in [1.29, 1.82) is 0 Å². The Labute approximate surface area is 208 Å². The fourth-order valence-corrected chi connectivity index (χ4v) is 4.59. The number of carbonyl (C=O) groups is 2. The lowest BCUT2D eigenvalue weighted by molar-refractivity contribution is -0.140. The summed E-state index contributed by atoms with van der Waals surface area (Å²) in [5.74, 6) is -0.424. The van der Waals surface area contributed by atoms with Crippen molar-refractivity contribution >= 4 is 39.1 Å². The first-order valence-corrected chi connectivity index (χ1v) is 13.7. The summed E-state index contributed by atoms with van der Waals surface area (Å²) in [7, 11) is -3.50. The number of halogens is 1. The number of hydrogen-bond donors (Lipinski definition) is 1. The predicted octanol–water partition coefficient (Wildman–Crippen LogP) is 4.22. The van der Waals surface area contributed by atoms with Crippen molar-refractivity contribution in [1.82, 2.24) is 10.2 Å². The van der Waals surface area contributed by atoms with Gasteiger partial charge in [-0.25, -0.2) is 8.42 Å². The number of sulfonamides is 1. The van der Waals surface area contributed by atoms with Gasteiger partial charge in [0.25, 0.3) is 0 Å². The van der Waals surface area contributed by atoms with Crippen LogP contribution in [0.1, 0.15) is 45.1 Å². The molecule has 2 amide bonds. The van der Waals surface area contributed by atoms with E-state index < -0.39 is 16.1 Å². The van der Waals surface area contributed by atoms with Crippen LogP contribution < -0.4 is 9.62 Å². The molecule has 0 aliphatic heterocycles. The minimum atomic E-state index is -3.50. The summed E-state index contributed by atoms with van der Waals surface area (Å²) < 4.78 is 25.9. The van der Waals surface area contributed by atoms with Crippen molar-refractivity contribution in [2.24, 2.45) is 0 Å². The van der Waals surface area contributed by atoms with E-state index in [9.17, 15) is 18.0 Å². The molecule has 0 radical (unpaired) electrons. The fraction of sp³-hybridized carbons (Fsp3) is 0.440. The molecule has 0 aromatic heterocycles. The number of anilines is 1. The molecule has 0 heterocycles. The third kappa shape index (κ3) is 8.65. The Morgan fingerprint density at radius 2 is 1.68 bits per heavy atom. The molecule has 0 saturated carbocycles. The second kappa shape index (κ2) is 13.3. The third-order valence-electron chi connectivity index (χ3n) is 5.46. The predicted molar refractivity (Wildman–Crippen MR) is 137 cm³/mol. The van der Waals surface area contributed by atoms with Crippen LogP contribution in [-0.2, 0) is 26.2 Å². The molecule has 2 aromatic carbocycles. The van der Waals surface area contributed by atoms with E-state index in [4.69, 9.17) is 11.6 Å². The lowest BCUT2D eigenvalue weighted by atomic mass is 10.1. The lowest BCUT2D eigenvalue weighted by Gasteiger charge is -2.29. The number of nitrogens with zero attached hydrogens (tertiary/aromatic N) is 2. The molecule has 1 atom stereocenters. The quantitative estimate of drug-likeness (QED) is 0.411. The van der Waals surface area contributed by atoms with E-state index in [0.717, 1.165) is 24.7 Å². The Bertz CT molecular complexity index is 1030. The molecule has 2 rings (SSSR count). The number of amides is 2. The maximum atomic E-state index is 13.2. The van der Waals surface area contributed by atoms with Crippen molar-refractivity contribution in [3.63, 3.8) is 0 Å². The van der Waals surface area contributed by atoms with Gasteiger partial charge in [0.2, 0.25) is 21.8 Å². The number of nitrogens with one attached hydrogen (secondary N) is 1. The van der Waals surface area contributed by atoms with E-state index in [2.05, 4.69) is 5.32 Å². The average molecular weight is 508 g/mol. The molecule has 0 bridgehead atoms. The van der Waals surface area contributed by atoms with Gasteiger partial charge < -0.3 is 10.2 Å². The highest BCUT2D eigenvalue weighted by atomic mass is 35.5. The average Bonchev–Trinajstić information content (AvgIpc) is 2.80. The number of carbonyl (C=O) groups excluding carboxylic acids is 2. The Morgan fingerprint density at radius 3 is 2.26 bits per heavy atom. The van der Waals surface area contributed by atoms with E-state index in [1.165, 1.54) is 9.21 Å². The Balaban J connectivity index is 2.11. The van der Waals surface area contributed by atoms with Crippen molar-refractivity contribution in [2.45, 2.75) is 52.1 Å². The van der Waals surface area contributed by atoms with Crippen LogP contribution in [0.15, 0.2) is 54.6 Å². The molecule has 0 spiro atoms. The molecule has 0 saturated heterocycles. The van der Waals surface area contributed by atoms with Crippen LogP contribution in [0.4, 0.5) is 5.69 Å². The van der Waals surface area contributed by atoms with Gasteiger partial charge >= 0.3 is 0 Å². The molecule has 7 nitrogen and oxygen atoms in total. The minimum Gasteiger partial charge on any atom is -0.354 e. The number of benzene rings is 2. The molecule has 0 aliphatic rings. The Kier molecular flexibility index (Phi) is 10.9. The normalized spacial score (nSPS) is 12.1. The van der Waals surface area contributed by atoms with Crippen LogP contribution in [-0.4, -0.2) is 50.5 Å². The van der Waals surface area contributed by atoms with Gasteiger partial charge in [0, 0.05) is 31.1 Å². The minimum absolute atomic E-state index is 0.110. The van der Waals surface area contributed by atoms with Crippen molar-refractivity contribution in [2.75, 3.05) is 23.7 Å². The molecule has 0 unspecified atom stereocenters. The highest BCUT2D eigenvalue weighted by Crippen LogP contribution is 2.19. The summed E-state index contributed by atoms with van der Waals surface area (Å²) in [6.45, 7) is 4.74. The first-order valence-electron chi connectivity index (χ1n) is 11.5. The van der Waals surface area contributed by atoms with Gasteiger partial charge in [-0.3, -0.25) is 13.9 Å². The summed E-state index contributed by atoms with van der Waals surface area (Å²) in [5.41, 5.74) is 1.41. The first kappa shape index (κ1) is 27.7. The van der Waals surface area contributed by atoms with Gasteiger partial charge in [0.05, 0.1) is 11.9 Å². The van der Waals surface area contributed by atoms with Crippen molar-refractivity contribution in [3.8, 4) is 0 Å². The second-order valence-electron chi connectivity index (χ2n) is 8.24. The maximum Gasteiger partial charge on any atom is 0.242 e. The van der Waals surface area contributed by atoms with Crippen LogP contribution >= 0.6 is 11.6 Å². The zero-order valence-corrected chi connectivity index (χ0v) is 21.6. The van der Waals surface area contributed by atoms with E-state index in [0.29, 0.717) is 23.7 Å². The zero-order valence-electron chi connectivity index (χ0n) is 20.0. The Morgan fingerprint density at radius 1 is 1.03 bits per heavy atom. The maximum absolute atomic E-state index is 13.2. The van der Waals surface area contributed by atoms with Gasteiger partial charge in [0.1, 0.15) is 6.04 Å². The van der Waals surface area contributed by atoms with E-state index >= 15 is 0 Å². The standard InChI is InChI=1S/C25H34ClN3O4S/c1-4-5-17-27-25(31)20(2)28(19-21-13-15-22(26)16-14-21)24(30)12-9-18-29(34(3,32)33)23-10-7-6-8-11-23/h6-8,10-11,13-16,20H,4-5,9,12,17-19H2,1-3H3,(H,27,31)/t20-/m1/s1. The van der Waals surface area contributed by atoms with Crippen molar-refractivity contribution in [3.05, 3.63) is 65.2 Å². The van der Waals surface area contributed by atoms with Gasteiger partial charge in [-0.2, -0.15) is 0 Å². The molecule has 2 aromatic rings. The van der Waals surface area contributed by atoms with Gasteiger partial charge in [-0.05, 0) is 49.6 Å². The van der Waals surface area contributed by atoms with Gasteiger partial charge in [-0.15, -0.1) is 0 Å². The van der Waals surface area contributed by atoms with Crippen LogP contribution in [0.2, 0.25) is 5.02 Å². The zero-order chi connectivity index (χ0) is 25.1. The summed E-state index contributed by atoms with van der Waals surface area (Å²) in [6, 6.07) is 15.3. The molecule has 9 heteroatoms. The first-order chi connectivity index (χ1) is 16.1. The number of hydrogen-bond acceptors (Lipinski definition) is 4. The summed E-state index contributed by atoms with van der Waals surface area (Å²) in [4.78, 5) is 27.4. The van der Waals surface area contributed by atoms with Crippen LogP contribution in [0.5, 0.6) is 0 Å². The van der Waals surface area contributed by atoms with Gasteiger partial charge in [-0.1, -0.05) is 55.3 Å². The van der Waals surface area contributed by atoms with E-state index in [1.54, 1.807) is 43.3 Å². The van der Waals surface area contributed by atoms with Gasteiger partial charge in [0.15, 0.2) is 0 Å². The van der Waals surface area contributed by atoms with Crippen LogP contribution in [0, 0.1) is 0 Å². The summed E-state index contributed by atoms with van der Waals surface area (Å²) in [5, 5.41) is 3.48. The largest absolute Gasteiger partial charge is 0.354 e. The van der Waals surface area contributed by atoms with E-state index in [-0.39, 0.29) is 31.3 Å². The second-order valence-corrected chi connectivity index (χ2v) is 10.6. The van der Waals surface area contributed by atoms with Crippen LogP contribution in [0.3, 0.4) is 0 Å². The fourth-order valence-electron chi connectivity index (χ4n) is 3.50. The molecule has 0 aliphatic carbocycles. The highest BCUT2D eigenvalue weighted by Gasteiger charge is 2.26. The monoisotopic (exact) mass is 507 g/mol. The summed E-state index contributed by atoms with van der Waals surface area (Å²) in [6.07, 6.45) is 3.41. The van der Waals surface area contributed by atoms with Crippen LogP contribution in [0.25, 0.3) is 0 Å². The molecule has 34 heavy (non-hydrogen) atoms.